The van der Waals surface area contributed by atoms with E-state index in [1.165, 1.54) is 11.3 Å². The number of carbonyl (C=O) groups excluding carboxylic acids is 1. The number of rotatable bonds is 6. The first-order valence-corrected chi connectivity index (χ1v) is 10.8. The Morgan fingerprint density at radius 3 is 2.73 bits per heavy atom. The first-order valence-electron chi connectivity index (χ1n) is 9.90. The van der Waals surface area contributed by atoms with E-state index < -0.39 is 5.54 Å². The number of nitrogens with one attached hydrogen (secondary N) is 1. The molecule has 1 aromatic carbocycles. The second-order valence-corrected chi connectivity index (χ2v) is 8.33. The van der Waals surface area contributed by atoms with Gasteiger partial charge in [-0.3, -0.25) is 4.79 Å². The van der Waals surface area contributed by atoms with Gasteiger partial charge in [0, 0.05) is 13.1 Å². The van der Waals surface area contributed by atoms with Gasteiger partial charge in [0.15, 0.2) is 5.75 Å². The summed E-state index contributed by atoms with van der Waals surface area (Å²) in [4.78, 5) is 16.3. The van der Waals surface area contributed by atoms with Gasteiger partial charge in [-0.2, -0.15) is 0 Å². The molecule has 8 nitrogen and oxygen atoms in total. The highest BCUT2D eigenvalue weighted by atomic mass is 32.1. The molecule has 3 heterocycles. The summed E-state index contributed by atoms with van der Waals surface area (Å²) in [6.07, 6.45) is 1.52. The fourth-order valence-electron chi connectivity index (χ4n) is 3.69. The van der Waals surface area contributed by atoms with Crippen LogP contribution in [-0.4, -0.2) is 49.5 Å². The van der Waals surface area contributed by atoms with Crippen LogP contribution in [0.15, 0.2) is 40.1 Å². The van der Waals surface area contributed by atoms with Gasteiger partial charge < -0.3 is 24.1 Å². The van der Waals surface area contributed by atoms with Gasteiger partial charge >= 0.3 is 0 Å². The number of anilines is 1. The average molecular weight is 426 g/mol. The number of morpholine rings is 1. The van der Waals surface area contributed by atoms with Crippen LogP contribution < -0.4 is 15.0 Å². The van der Waals surface area contributed by atoms with Gasteiger partial charge in [0.2, 0.25) is 5.89 Å². The van der Waals surface area contributed by atoms with Crippen LogP contribution >= 0.6 is 11.3 Å². The van der Waals surface area contributed by atoms with Gasteiger partial charge in [-0.1, -0.05) is 12.1 Å². The molecule has 1 N–H and O–H groups in total. The minimum Gasteiger partial charge on any atom is -0.494 e. The van der Waals surface area contributed by atoms with Gasteiger partial charge in [0.25, 0.3) is 11.8 Å². The Morgan fingerprint density at radius 2 is 2.03 bits per heavy atom. The van der Waals surface area contributed by atoms with Crippen molar-refractivity contribution in [3.8, 4) is 16.5 Å². The molecule has 1 saturated heterocycles. The molecular formula is C21H22N4O4S. The average Bonchev–Trinajstić information content (AvgIpc) is 3.19. The van der Waals surface area contributed by atoms with Crippen molar-refractivity contribution in [2.75, 3.05) is 38.3 Å². The Kier molecular flexibility index (Phi) is 4.92. The molecule has 0 unspecified atom stereocenters. The molecule has 9 heteroatoms. The van der Waals surface area contributed by atoms with Crippen molar-refractivity contribution >= 4 is 22.9 Å². The van der Waals surface area contributed by atoms with Gasteiger partial charge in [0.1, 0.15) is 5.54 Å². The lowest BCUT2D eigenvalue weighted by Gasteiger charge is -2.30. The third-order valence-electron chi connectivity index (χ3n) is 5.46. The summed E-state index contributed by atoms with van der Waals surface area (Å²) in [7, 11) is 1.59. The van der Waals surface area contributed by atoms with Gasteiger partial charge in [-0.25, -0.2) is 0 Å². The third-order valence-corrected chi connectivity index (χ3v) is 6.32. The molecule has 5 rings (SSSR count). The minimum atomic E-state index is -0.612. The van der Waals surface area contributed by atoms with E-state index in [1.807, 2.05) is 29.6 Å². The van der Waals surface area contributed by atoms with Crippen LogP contribution in [0.5, 0.6) is 5.75 Å². The van der Waals surface area contributed by atoms with E-state index in [0.717, 1.165) is 36.5 Å². The molecule has 2 aliphatic rings. The zero-order valence-corrected chi connectivity index (χ0v) is 17.4. The van der Waals surface area contributed by atoms with Crippen molar-refractivity contribution in [2.24, 2.45) is 0 Å². The highest BCUT2D eigenvalue weighted by Gasteiger charge is 2.51. The number of carbonyl (C=O) groups is 1. The molecule has 30 heavy (non-hydrogen) atoms. The second-order valence-electron chi connectivity index (χ2n) is 7.38. The topological polar surface area (TPSA) is 89.7 Å². The summed E-state index contributed by atoms with van der Waals surface area (Å²) in [6, 6.07) is 9.50. The highest BCUT2D eigenvalue weighted by molar-refractivity contribution is 7.13. The standard InChI is InChI=1S/C21H22N4O4S/c1-27-17-14(4-2-5-15(17)25-9-11-28-12-10-25)18(26)22-21(7-8-21)20-24-23-19(29-20)16-6-3-13-30-16/h2-6,13H,7-12H2,1H3,(H,22,26). The van der Waals surface area contributed by atoms with Crippen LogP contribution in [0.4, 0.5) is 5.69 Å². The van der Waals surface area contributed by atoms with E-state index in [0.29, 0.717) is 36.3 Å². The molecular weight excluding hydrogens is 404 g/mol. The van der Waals surface area contributed by atoms with E-state index in [4.69, 9.17) is 13.9 Å². The van der Waals surface area contributed by atoms with Crippen molar-refractivity contribution in [1.82, 2.24) is 15.5 Å². The van der Waals surface area contributed by atoms with Crippen molar-refractivity contribution in [3.63, 3.8) is 0 Å². The lowest BCUT2D eigenvalue weighted by molar-refractivity contribution is 0.0920. The summed E-state index contributed by atoms with van der Waals surface area (Å²) < 4.78 is 17.0. The summed E-state index contributed by atoms with van der Waals surface area (Å²) in [5, 5.41) is 13.4. The van der Waals surface area contributed by atoms with Crippen molar-refractivity contribution in [1.29, 1.82) is 0 Å². The molecule has 0 bridgehead atoms. The van der Waals surface area contributed by atoms with Crippen LogP contribution in [0.1, 0.15) is 29.1 Å². The SMILES string of the molecule is COc1c(C(=O)NC2(c3nnc(-c4cccs4)o3)CC2)cccc1N1CCOCC1. The number of para-hydroxylation sites is 1. The Bertz CT molecular complexity index is 1040. The molecule has 0 radical (unpaired) electrons. The smallest absolute Gasteiger partial charge is 0.257 e. The number of hydrogen-bond acceptors (Lipinski definition) is 8. The molecule has 1 aliphatic heterocycles. The normalized spacial score (nSPS) is 17.6. The number of benzene rings is 1. The molecule has 2 fully saturated rings. The number of aromatic nitrogens is 2. The molecule has 1 saturated carbocycles. The van der Waals surface area contributed by atoms with Gasteiger partial charge in [-0.15, -0.1) is 21.5 Å². The summed E-state index contributed by atoms with van der Waals surface area (Å²) >= 11 is 1.54. The first-order chi connectivity index (χ1) is 14.7. The highest BCUT2D eigenvalue weighted by Crippen LogP contribution is 2.46. The van der Waals surface area contributed by atoms with Gasteiger partial charge in [0.05, 0.1) is 36.5 Å². The Hall–Kier alpha value is -2.91. The molecule has 0 spiro atoms. The van der Waals surface area contributed by atoms with Crippen LogP contribution in [-0.2, 0) is 10.3 Å². The number of thiophene rings is 1. The maximum absolute atomic E-state index is 13.2. The summed E-state index contributed by atoms with van der Waals surface area (Å²) in [5.41, 5.74) is 0.779. The van der Waals surface area contributed by atoms with Crippen LogP contribution in [0.2, 0.25) is 0 Å². The lowest BCUT2D eigenvalue weighted by Crippen LogP contribution is -2.37. The Morgan fingerprint density at radius 1 is 1.20 bits per heavy atom. The predicted octanol–water partition coefficient (Wildman–Crippen LogP) is 3.06. The Labute approximate surface area is 177 Å². The molecule has 0 atom stereocenters. The van der Waals surface area contributed by atoms with Crippen molar-refractivity contribution in [3.05, 3.63) is 47.2 Å². The first kappa shape index (κ1) is 19.1. The number of amides is 1. The fraction of sp³-hybridized carbons (Fsp3) is 0.381. The Balaban J connectivity index is 1.39. The number of methoxy groups -OCH3 is 1. The van der Waals surface area contributed by atoms with Crippen LogP contribution in [0, 0.1) is 0 Å². The van der Waals surface area contributed by atoms with Crippen LogP contribution in [0.3, 0.4) is 0 Å². The predicted molar refractivity (Wildman–Crippen MR) is 112 cm³/mol. The molecule has 1 aliphatic carbocycles. The minimum absolute atomic E-state index is 0.213. The molecule has 2 aromatic heterocycles. The maximum Gasteiger partial charge on any atom is 0.257 e. The summed E-state index contributed by atoms with van der Waals surface area (Å²) in [5.74, 6) is 1.28. The quantitative estimate of drug-likeness (QED) is 0.648. The second kappa shape index (κ2) is 7.73. The van der Waals surface area contributed by atoms with E-state index in [2.05, 4.69) is 20.4 Å². The number of nitrogens with zero attached hydrogens (tertiary/aromatic N) is 3. The van der Waals surface area contributed by atoms with Crippen molar-refractivity contribution < 1.29 is 18.7 Å². The van der Waals surface area contributed by atoms with E-state index in [9.17, 15) is 4.79 Å². The van der Waals surface area contributed by atoms with E-state index in [1.54, 1.807) is 13.2 Å². The van der Waals surface area contributed by atoms with E-state index in [-0.39, 0.29) is 5.91 Å². The summed E-state index contributed by atoms with van der Waals surface area (Å²) in [6.45, 7) is 2.84. The zero-order valence-electron chi connectivity index (χ0n) is 16.6. The maximum atomic E-state index is 13.2. The lowest BCUT2D eigenvalue weighted by atomic mass is 10.1. The van der Waals surface area contributed by atoms with Crippen molar-refractivity contribution in [2.45, 2.75) is 18.4 Å². The monoisotopic (exact) mass is 426 g/mol. The van der Waals surface area contributed by atoms with Crippen LogP contribution in [0.25, 0.3) is 10.8 Å². The molecule has 3 aromatic rings. The largest absolute Gasteiger partial charge is 0.494 e. The third kappa shape index (κ3) is 3.44. The van der Waals surface area contributed by atoms with Gasteiger partial charge in [-0.05, 0) is 36.4 Å². The number of ether oxygens (including phenoxy) is 2. The number of hydrogen-bond donors (Lipinski definition) is 1. The molecule has 1 amide bonds. The zero-order chi connectivity index (χ0) is 20.6. The van der Waals surface area contributed by atoms with E-state index >= 15 is 0 Å². The fourth-order valence-corrected chi connectivity index (χ4v) is 4.33. The molecule has 156 valence electrons.